The monoisotopic (exact) mass is 302 g/mol. The van der Waals surface area contributed by atoms with Crippen molar-refractivity contribution in [1.82, 2.24) is 4.98 Å². The van der Waals surface area contributed by atoms with Crippen molar-refractivity contribution in [3.8, 4) is 28.1 Å². The molecule has 0 bridgehead atoms. The Kier molecular flexibility index (Phi) is 5.18. The molecular formula is C16H18N2O2S. The van der Waals surface area contributed by atoms with Crippen molar-refractivity contribution in [3.05, 3.63) is 28.8 Å². The Balaban J connectivity index is 2.42. The van der Waals surface area contributed by atoms with Crippen LogP contribution in [0.4, 0.5) is 0 Å². The molecule has 0 spiro atoms. The lowest BCUT2D eigenvalue weighted by Gasteiger charge is -2.10. The molecule has 0 saturated carbocycles. The molecule has 0 unspecified atom stereocenters. The van der Waals surface area contributed by atoms with E-state index in [1.54, 1.807) is 18.4 Å². The van der Waals surface area contributed by atoms with Gasteiger partial charge < -0.3 is 9.47 Å². The first-order chi connectivity index (χ1) is 10.2. The average Bonchev–Trinajstić information content (AvgIpc) is 2.91. The van der Waals surface area contributed by atoms with Crippen molar-refractivity contribution >= 4 is 11.3 Å². The third-order valence-electron chi connectivity index (χ3n) is 3.06. The molecule has 1 aromatic heterocycles. The smallest absolute Gasteiger partial charge is 0.161 e. The second-order valence-electron chi connectivity index (χ2n) is 4.38. The molecule has 0 aliphatic carbocycles. The van der Waals surface area contributed by atoms with Crippen molar-refractivity contribution < 1.29 is 9.47 Å². The zero-order valence-corrected chi connectivity index (χ0v) is 13.3. The van der Waals surface area contributed by atoms with Gasteiger partial charge in [-0.2, -0.15) is 5.26 Å². The predicted octanol–water partition coefficient (Wildman–Crippen LogP) is 3.85. The fourth-order valence-corrected chi connectivity index (χ4v) is 3.15. The van der Waals surface area contributed by atoms with Gasteiger partial charge in [-0.3, -0.25) is 0 Å². The molecule has 21 heavy (non-hydrogen) atoms. The molecule has 0 atom stereocenters. The van der Waals surface area contributed by atoms with Gasteiger partial charge in [0.25, 0.3) is 0 Å². The summed E-state index contributed by atoms with van der Waals surface area (Å²) in [6.45, 7) is 4.58. The van der Waals surface area contributed by atoms with Crippen LogP contribution in [-0.2, 0) is 12.8 Å². The highest BCUT2D eigenvalue weighted by molar-refractivity contribution is 7.15. The van der Waals surface area contributed by atoms with Crippen molar-refractivity contribution in [2.24, 2.45) is 0 Å². The van der Waals surface area contributed by atoms with E-state index in [0.29, 0.717) is 24.5 Å². The van der Waals surface area contributed by atoms with Crippen LogP contribution in [0.2, 0.25) is 0 Å². The number of hydrogen-bond acceptors (Lipinski definition) is 5. The molecule has 0 radical (unpaired) electrons. The summed E-state index contributed by atoms with van der Waals surface area (Å²) in [5, 5.41) is 9.81. The summed E-state index contributed by atoms with van der Waals surface area (Å²) in [5.41, 5.74) is 1.99. The van der Waals surface area contributed by atoms with Crippen molar-refractivity contribution in [1.29, 1.82) is 5.26 Å². The number of rotatable bonds is 6. The summed E-state index contributed by atoms with van der Waals surface area (Å²) >= 11 is 1.57. The van der Waals surface area contributed by atoms with E-state index in [1.807, 2.05) is 25.1 Å². The number of benzene rings is 1. The summed E-state index contributed by atoms with van der Waals surface area (Å²) < 4.78 is 10.9. The van der Waals surface area contributed by atoms with E-state index in [2.05, 4.69) is 18.0 Å². The molecule has 1 aromatic carbocycles. The Hall–Kier alpha value is -2.06. The highest BCUT2D eigenvalue weighted by Gasteiger charge is 2.13. The SMILES string of the molecule is CCOc1cc(-c2nc(CC)c(CC#N)s2)ccc1OC. The molecule has 0 fully saturated rings. The molecule has 0 aliphatic rings. The summed E-state index contributed by atoms with van der Waals surface area (Å²) in [6.07, 6.45) is 1.25. The Morgan fingerprint density at radius 3 is 2.71 bits per heavy atom. The Morgan fingerprint density at radius 1 is 1.29 bits per heavy atom. The first kappa shape index (κ1) is 15.3. The molecule has 5 heteroatoms. The van der Waals surface area contributed by atoms with Gasteiger partial charge in [0.2, 0.25) is 0 Å². The number of ether oxygens (including phenoxy) is 2. The highest BCUT2D eigenvalue weighted by atomic mass is 32.1. The van der Waals surface area contributed by atoms with E-state index < -0.39 is 0 Å². The minimum atomic E-state index is 0.412. The second-order valence-corrected chi connectivity index (χ2v) is 5.46. The van der Waals surface area contributed by atoms with Crippen LogP contribution >= 0.6 is 11.3 Å². The zero-order chi connectivity index (χ0) is 15.2. The van der Waals surface area contributed by atoms with Gasteiger partial charge in [0.15, 0.2) is 11.5 Å². The first-order valence-electron chi connectivity index (χ1n) is 6.90. The van der Waals surface area contributed by atoms with Gasteiger partial charge in [0.05, 0.1) is 31.9 Å². The van der Waals surface area contributed by atoms with Gasteiger partial charge in [-0.25, -0.2) is 4.98 Å². The molecule has 0 saturated heterocycles. The summed E-state index contributed by atoms with van der Waals surface area (Å²) in [6, 6.07) is 7.99. The molecule has 110 valence electrons. The summed E-state index contributed by atoms with van der Waals surface area (Å²) in [7, 11) is 1.63. The van der Waals surface area contributed by atoms with Crippen LogP contribution in [-0.4, -0.2) is 18.7 Å². The molecule has 0 aliphatic heterocycles. The van der Waals surface area contributed by atoms with Gasteiger partial charge in [0, 0.05) is 10.4 Å². The van der Waals surface area contributed by atoms with E-state index in [9.17, 15) is 0 Å². The molecule has 0 N–H and O–H groups in total. The number of nitrogens with zero attached hydrogens (tertiary/aromatic N) is 2. The number of methoxy groups -OCH3 is 1. The van der Waals surface area contributed by atoms with E-state index in [1.165, 1.54) is 0 Å². The van der Waals surface area contributed by atoms with Gasteiger partial charge in [-0.15, -0.1) is 11.3 Å². The maximum Gasteiger partial charge on any atom is 0.161 e. The zero-order valence-electron chi connectivity index (χ0n) is 12.5. The number of aryl methyl sites for hydroxylation is 1. The lowest BCUT2D eigenvalue weighted by atomic mass is 10.2. The van der Waals surface area contributed by atoms with E-state index in [-0.39, 0.29) is 0 Å². The number of aromatic nitrogens is 1. The van der Waals surface area contributed by atoms with Crippen LogP contribution in [0.25, 0.3) is 10.6 Å². The molecule has 0 amide bonds. The van der Waals surface area contributed by atoms with Crippen LogP contribution in [0, 0.1) is 11.3 Å². The quantitative estimate of drug-likeness (QED) is 0.813. The molecule has 2 rings (SSSR count). The van der Waals surface area contributed by atoms with Crippen LogP contribution < -0.4 is 9.47 Å². The van der Waals surface area contributed by atoms with Gasteiger partial charge in [-0.1, -0.05) is 6.92 Å². The molecule has 4 nitrogen and oxygen atoms in total. The van der Waals surface area contributed by atoms with Gasteiger partial charge in [-0.05, 0) is 31.5 Å². The lowest BCUT2D eigenvalue weighted by molar-refractivity contribution is 0.311. The molecule has 2 aromatic rings. The maximum atomic E-state index is 8.89. The van der Waals surface area contributed by atoms with E-state index >= 15 is 0 Å². The number of thiazole rings is 1. The Morgan fingerprint density at radius 2 is 2.10 bits per heavy atom. The van der Waals surface area contributed by atoms with Crippen LogP contribution in [0.3, 0.4) is 0 Å². The van der Waals surface area contributed by atoms with Crippen molar-refractivity contribution in [2.45, 2.75) is 26.7 Å². The van der Waals surface area contributed by atoms with Crippen molar-refractivity contribution in [2.75, 3.05) is 13.7 Å². The summed E-state index contributed by atoms with van der Waals surface area (Å²) in [5.74, 6) is 1.43. The van der Waals surface area contributed by atoms with E-state index in [4.69, 9.17) is 14.7 Å². The normalized spacial score (nSPS) is 10.2. The third-order valence-corrected chi connectivity index (χ3v) is 4.21. The van der Waals surface area contributed by atoms with Crippen LogP contribution in [0.1, 0.15) is 24.4 Å². The van der Waals surface area contributed by atoms with Crippen LogP contribution in [0.5, 0.6) is 11.5 Å². The summed E-state index contributed by atoms with van der Waals surface area (Å²) in [4.78, 5) is 5.69. The van der Waals surface area contributed by atoms with Gasteiger partial charge in [0.1, 0.15) is 5.01 Å². The van der Waals surface area contributed by atoms with Crippen LogP contribution in [0.15, 0.2) is 18.2 Å². The first-order valence-corrected chi connectivity index (χ1v) is 7.71. The second kappa shape index (κ2) is 7.09. The number of nitriles is 1. The highest BCUT2D eigenvalue weighted by Crippen LogP contribution is 2.35. The largest absolute Gasteiger partial charge is 0.493 e. The number of hydrogen-bond donors (Lipinski definition) is 0. The topological polar surface area (TPSA) is 55.1 Å². The third kappa shape index (κ3) is 3.34. The fourth-order valence-electron chi connectivity index (χ4n) is 2.07. The Labute approximate surface area is 129 Å². The minimum Gasteiger partial charge on any atom is -0.493 e. The lowest BCUT2D eigenvalue weighted by Crippen LogP contribution is -1.95. The van der Waals surface area contributed by atoms with Crippen molar-refractivity contribution in [3.63, 3.8) is 0 Å². The Bertz CT molecular complexity index is 659. The molecular weight excluding hydrogens is 284 g/mol. The van der Waals surface area contributed by atoms with Gasteiger partial charge >= 0.3 is 0 Å². The molecule has 1 heterocycles. The minimum absolute atomic E-state index is 0.412. The average molecular weight is 302 g/mol. The maximum absolute atomic E-state index is 8.89. The fraction of sp³-hybridized carbons (Fsp3) is 0.375. The standard InChI is InChI=1S/C16H18N2O2S/c1-4-12-15(8-9-17)21-16(18-12)11-6-7-13(19-3)14(10-11)20-5-2/h6-7,10H,4-5,8H2,1-3H3. The predicted molar refractivity (Wildman–Crippen MR) is 84.0 cm³/mol. The van der Waals surface area contributed by atoms with E-state index in [0.717, 1.165) is 27.6 Å².